The highest BCUT2D eigenvalue weighted by molar-refractivity contribution is 7.95. The highest BCUT2D eigenvalue weighted by atomic mass is 32.2. The molecule has 0 amide bonds. The first kappa shape index (κ1) is 25.5. The summed E-state index contributed by atoms with van der Waals surface area (Å²) in [5.41, 5.74) is 3.32. The fraction of sp³-hybridized carbons (Fsp3) is 0.448. The molecule has 1 fully saturated rings. The zero-order chi connectivity index (χ0) is 25.2. The van der Waals surface area contributed by atoms with Crippen LogP contribution in [0.3, 0.4) is 0 Å². The van der Waals surface area contributed by atoms with E-state index < -0.39 is 9.84 Å². The third kappa shape index (κ3) is 5.65. The fourth-order valence-corrected chi connectivity index (χ4v) is 6.55. The summed E-state index contributed by atoms with van der Waals surface area (Å²) in [4.78, 5) is 17.5. The van der Waals surface area contributed by atoms with Crippen LogP contribution >= 0.6 is 0 Å². The Hall–Kier alpha value is -2.57. The minimum Gasteiger partial charge on any atom is -0.381 e. The standard InChI is InChI=1S/C29H35NO4S/c1-5-27(31)21-7-6-8-24(11-9-21)35(32,33)25-12-10-22-18-23(17-20-13-15-34-16-14-20)28(29(2,3)4)30-26(22)19-25/h5-7,9-12,19-20,23H,1,8,13-18H2,2-4H3. The van der Waals surface area contributed by atoms with Crippen LogP contribution in [0.5, 0.6) is 0 Å². The number of allylic oxidation sites excluding steroid dienone is 7. The van der Waals surface area contributed by atoms with Crippen molar-refractivity contribution in [2.24, 2.45) is 22.2 Å². The zero-order valence-electron chi connectivity index (χ0n) is 20.9. The molecule has 1 atom stereocenters. The average molecular weight is 494 g/mol. The molecule has 2 heterocycles. The van der Waals surface area contributed by atoms with Crippen molar-refractivity contribution in [3.8, 4) is 0 Å². The second-order valence-electron chi connectivity index (χ2n) is 10.7. The van der Waals surface area contributed by atoms with Crippen molar-refractivity contribution in [3.05, 3.63) is 71.2 Å². The predicted molar refractivity (Wildman–Crippen MR) is 141 cm³/mol. The lowest BCUT2D eigenvalue weighted by atomic mass is 9.73. The second-order valence-corrected chi connectivity index (χ2v) is 12.7. The van der Waals surface area contributed by atoms with Gasteiger partial charge in [0.05, 0.1) is 15.5 Å². The second kappa shape index (κ2) is 10.2. The minimum atomic E-state index is -3.72. The Balaban J connectivity index is 1.66. The molecule has 0 bridgehead atoms. The molecule has 1 aromatic carbocycles. The number of ether oxygens (including phenoxy) is 1. The smallest absolute Gasteiger partial charge is 0.203 e. The van der Waals surface area contributed by atoms with Crippen molar-refractivity contribution in [2.75, 3.05) is 13.2 Å². The molecule has 2 aliphatic heterocycles. The molecule has 1 unspecified atom stereocenters. The van der Waals surface area contributed by atoms with Crippen LogP contribution in [0.2, 0.25) is 0 Å². The molecule has 1 aromatic rings. The van der Waals surface area contributed by atoms with Gasteiger partial charge < -0.3 is 4.74 Å². The SMILES string of the molecule is C=CC(=O)C1=CC=C(S(=O)(=O)c2ccc3c(c2)N=C(C(C)(C)C)C(CC2CCOCC2)C3)CC=C1. The number of rotatable bonds is 6. The molecule has 0 radical (unpaired) electrons. The fourth-order valence-electron chi connectivity index (χ4n) is 5.17. The quantitative estimate of drug-likeness (QED) is 0.449. The maximum Gasteiger partial charge on any atom is 0.203 e. The maximum absolute atomic E-state index is 13.5. The van der Waals surface area contributed by atoms with Crippen LogP contribution < -0.4 is 0 Å². The summed E-state index contributed by atoms with van der Waals surface area (Å²) in [6.45, 7) is 11.7. The van der Waals surface area contributed by atoms with Gasteiger partial charge in [0, 0.05) is 42.3 Å². The topological polar surface area (TPSA) is 72.8 Å². The number of hydrogen-bond acceptors (Lipinski definition) is 5. The van der Waals surface area contributed by atoms with Gasteiger partial charge in [0.2, 0.25) is 9.84 Å². The summed E-state index contributed by atoms with van der Waals surface area (Å²) < 4.78 is 32.5. The van der Waals surface area contributed by atoms with Gasteiger partial charge in [-0.3, -0.25) is 9.79 Å². The lowest BCUT2D eigenvalue weighted by molar-refractivity contribution is -0.111. The number of aliphatic imine (C=N–C) groups is 1. The van der Waals surface area contributed by atoms with E-state index in [2.05, 4.69) is 27.4 Å². The molecular formula is C29H35NO4S. The van der Waals surface area contributed by atoms with Crippen molar-refractivity contribution in [3.63, 3.8) is 0 Å². The number of carbonyl (C=O) groups is 1. The normalized spacial score (nSPS) is 21.3. The molecule has 3 aliphatic rings. The van der Waals surface area contributed by atoms with Crippen molar-refractivity contribution < 1.29 is 17.9 Å². The van der Waals surface area contributed by atoms with E-state index in [0.29, 0.717) is 17.4 Å². The first-order valence-electron chi connectivity index (χ1n) is 12.4. The van der Waals surface area contributed by atoms with Gasteiger partial charge in [0.25, 0.3) is 0 Å². The van der Waals surface area contributed by atoms with Crippen molar-refractivity contribution >= 4 is 27.0 Å². The highest BCUT2D eigenvalue weighted by Crippen LogP contribution is 2.40. The first-order valence-corrected chi connectivity index (χ1v) is 13.9. The van der Waals surface area contributed by atoms with Gasteiger partial charge in [-0.25, -0.2) is 8.42 Å². The predicted octanol–water partition coefficient (Wildman–Crippen LogP) is 6.09. The number of fused-ring (bicyclic) bond motifs is 1. The van der Waals surface area contributed by atoms with Gasteiger partial charge in [-0.1, -0.05) is 51.6 Å². The molecule has 5 nitrogen and oxygen atoms in total. The highest BCUT2D eigenvalue weighted by Gasteiger charge is 2.34. The molecule has 186 valence electrons. The molecular weight excluding hydrogens is 458 g/mol. The summed E-state index contributed by atoms with van der Waals surface area (Å²) in [6, 6.07) is 5.35. The summed E-state index contributed by atoms with van der Waals surface area (Å²) in [5, 5.41) is 0. The van der Waals surface area contributed by atoms with Crippen LogP contribution in [0.25, 0.3) is 0 Å². The molecule has 1 saturated heterocycles. The third-order valence-electron chi connectivity index (χ3n) is 7.07. The van der Waals surface area contributed by atoms with Gasteiger partial charge in [0.15, 0.2) is 5.78 Å². The maximum atomic E-state index is 13.5. The molecule has 0 N–H and O–H groups in total. The number of carbonyl (C=O) groups excluding carboxylic acids is 1. The van der Waals surface area contributed by atoms with Crippen LogP contribution in [0.1, 0.15) is 52.0 Å². The Morgan fingerprint density at radius 1 is 1.20 bits per heavy atom. The molecule has 4 rings (SSSR count). The summed E-state index contributed by atoms with van der Waals surface area (Å²) >= 11 is 0. The number of ketones is 1. The molecule has 0 aromatic heterocycles. The Labute approximate surface area is 209 Å². The van der Waals surface area contributed by atoms with Crippen molar-refractivity contribution in [2.45, 2.75) is 57.8 Å². The Kier molecular flexibility index (Phi) is 7.43. The van der Waals surface area contributed by atoms with Crippen molar-refractivity contribution in [1.29, 1.82) is 0 Å². The van der Waals surface area contributed by atoms with Crippen molar-refractivity contribution in [1.82, 2.24) is 0 Å². The van der Waals surface area contributed by atoms with Crippen LogP contribution in [0, 0.1) is 17.3 Å². The van der Waals surface area contributed by atoms with Gasteiger partial charge in [-0.2, -0.15) is 0 Å². The van der Waals surface area contributed by atoms with E-state index in [9.17, 15) is 13.2 Å². The van der Waals surface area contributed by atoms with E-state index in [1.807, 2.05) is 6.07 Å². The van der Waals surface area contributed by atoms with Gasteiger partial charge in [0.1, 0.15) is 0 Å². The van der Waals surface area contributed by atoms with Gasteiger partial charge >= 0.3 is 0 Å². The summed E-state index contributed by atoms with van der Waals surface area (Å²) in [5.74, 6) is 0.765. The Bertz CT molecular complexity index is 1240. The Morgan fingerprint density at radius 3 is 2.63 bits per heavy atom. The van der Waals surface area contributed by atoms with E-state index in [1.54, 1.807) is 30.4 Å². The van der Waals surface area contributed by atoms with Crippen LogP contribution in [0.4, 0.5) is 5.69 Å². The number of sulfone groups is 1. The van der Waals surface area contributed by atoms with Crippen LogP contribution in [-0.4, -0.2) is 33.1 Å². The summed E-state index contributed by atoms with van der Waals surface area (Å²) in [7, 11) is -3.72. The number of nitrogens with zero attached hydrogens (tertiary/aromatic N) is 1. The van der Waals surface area contributed by atoms with E-state index in [1.165, 1.54) is 12.2 Å². The largest absolute Gasteiger partial charge is 0.381 e. The molecule has 0 spiro atoms. The third-order valence-corrected chi connectivity index (χ3v) is 8.94. The van der Waals surface area contributed by atoms with E-state index >= 15 is 0 Å². The van der Waals surface area contributed by atoms with Gasteiger partial charge in [-0.15, -0.1) is 0 Å². The lowest BCUT2D eigenvalue weighted by Crippen LogP contribution is -2.34. The number of benzene rings is 1. The van der Waals surface area contributed by atoms with E-state index in [-0.39, 0.29) is 27.4 Å². The van der Waals surface area contributed by atoms with E-state index in [0.717, 1.165) is 55.9 Å². The molecule has 6 heteroatoms. The number of hydrogen-bond donors (Lipinski definition) is 0. The molecule has 0 saturated carbocycles. The summed E-state index contributed by atoms with van der Waals surface area (Å²) in [6.07, 6.45) is 12.1. The first-order chi connectivity index (χ1) is 16.6. The monoisotopic (exact) mass is 493 g/mol. The van der Waals surface area contributed by atoms with E-state index in [4.69, 9.17) is 9.73 Å². The average Bonchev–Trinajstić information content (AvgIpc) is 3.10. The molecule has 35 heavy (non-hydrogen) atoms. The van der Waals surface area contributed by atoms with Crippen LogP contribution in [-0.2, 0) is 25.8 Å². The molecule has 1 aliphatic carbocycles. The zero-order valence-corrected chi connectivity index (χ0v) is 21.7. The van der Waals surface area contributed by atoms with Crippen LogP contribution in [0.15, 0.2) is 75.5 Å². The van der Waals surface area contributed by atoms with Gasteiger partial charge in [-0.05, 0) is 61.4 Å². The minimum absolute atomic E-state index is 0.101. The lowest BCUT2D eigenvalue weighted by Gasteiger charge is -2.35. The Morgan fingerprint density at radius 2 is 1.94 bits per heavy atom.